The second kappa shape index (κ2) is 12.8. The number of hydrogen-bond acceptors (Lipinski definition) is 6. The molecule has 0 saturated carbocycles. The van der Waals surface area contributed by atoms with Crippen molar-refractivity contribution >= 4 is 23.3 Å². The minimum absolute atomic E-state index is 0.103. The van der Waals surface area contributed by atoms with Gasteiger partial charge in [0, 0.05) is 50.9 Å². The number of anilines is 2. The molecule has 2 fully saturated rings. The first kappa shape index (κ1) is 28.9. The topological polar surface area (TPSA) is 84.4 Å². The average molecular weight is 545 g/mol. The van der Waals surface area contributed by atoms with Gasteiger partial charge in [0.15, 0.2) is 0 Å². The van der Waals surface area contributed by atoms with Gasteiger partial charge in [-0.1, -0.05) is 31.4 Å². The molecule has 0 radical (unpaired) electrons. The van der Waals surface area contributed by atoms with Crippen LogP contribution in [0.5, 0.6) is 0 Å². The molecule has 0 spiro atoms. The van der Waals surface area contributed by atoms with Crippen molar-refractivity contribution < 1.29 is 18.0 Å². The zero-order valence-electron chi connectivity index (χ0n) is 22.8. The van der Waals surface area contributed by atoms with Gasteiger partial charge in [-0.2, -0.15) is 13.2 Å². The van der Waals surface area contributed by atoms with Gasteiger partial charge in [0.2, 0.25) is 0 Å². The number of alkyl halides is 3. The number of nitrogens with zero attached hydrogens (tertiary/aromatic N) is 3. The minimum Gasteiger partial charge on any atom is -0.373 e. The van der Waals surface area contributed by atoms with Crippen LogP contribution in [0, 0.1) is 5.41 Å². The molecule has 2 aliphatic heterocycles. The highest BCUT2D eigenvalue weighted by atomic mass is 19.4. The van der Waals surface area contributed by atoms with Gasteiger partial charge < -0.3 is 15.5 Å². The fraction of sp³-hybridized carbons (Fsp3) is 0.552. The molecule has 4 rings (SSSR count). The van der Waals surface area contributed by atoms with E-state index in [9.17, 15) is 18.0 Å². The van der Waals surface area contributed by atoms with Crippen LogP contribution in [0.3, 0.4) is 0 Å². The smallest absolute Gasteiger partial charge is 0.373 e. The number of carbonyl (C=O) groups excluding carboxylic acids is 1. The van der Waals surface area contributed by atoms with Gasteiger partial charge in [0.1, 0.15) is 17.3 Å². The van der Waals surface area contributed by atoms with Crippen LogP contribution >= 0.6 is 0 Å². The molecule has 39 heavy (non-hydrogen) atoms. The molecule has 7 nitrogen and oxygen atoms in total. The Bertz CT molecular complexity index is 1140. The molecule has 0 bridgehead atoms. The van der Waals surface area contributed by atoms with E-state index in [0.717, 1.165) is 37.8 Å². The number of halogens is 3. The lowest BCUT2D eigenvalue weighted by molar-refractivity contribution is -0.137. The summed E-state index contributed by atoms with van der Waals surface area (Å²) in [6.07, 6.45) is 2.94. The standard InChI is InChI=1S/C29H39F3N6O/c1-20(21-9-8-10-22(19-21)29(30,31)32)37-17-13-23(14-18-37)35-28(39)26(33)24-11-12-25(36-27(24)34-2)38-15-6-4-3-5-7-16-38/h8-12,19-20,23,33H,3-7,13-18H2,1-2H3,(H,34,36)(H,35,39). The predicted octanol–water partition coefficient (Wildman–Crippen LogP) is 5.62. The van der Waals surface area contributed by atoms with Crippen LogP contribution in [-0.2, 0) is 11.0 Å². The molecule has 1 amide bonds. The number of amides is 1. The van der Waals surface area contributed by atoms with Gasteiger partial charge in [-0.15, -0.1) is 0 Å². The number of piperidine rings is 1. The summed E-state index contributed by atoms with van der Waals surface area (Å²) in [7, 11) is 1.75. The Morgan fingerprint density at radius 1 is 1.03 bits per heavy atom. The highest BCUT2D eigenvalue weighted by Gasteiger charge is 2.32. The van der Waals surface area contributed by atoms with E-state index in [1.54, 1.807) is 19.2 Å². The summed E-state index contributed by atoms with van der Waals surface area (Å²) in [5, 5.41) is 14.6. The van der Waals surface area contributed by atoms with Crippen LogP contribution in [0.2, 0.25) is 0 Å². The fourth-order valence-electron chi connectivity index (χ4n) is 5.49. The van der Waals surface area contributed by atoms with E-state index in [2.05, 4.69) is 20.4 Å². The zero-order chi connectivity index (χ0) is 28.0. The van der Waals surface area contributed by atoms with Crippen molar-refractivity contribution in [3.63, 3.8) is 0 Å². The van der Waals surface area contributed by atoms with Crippen molar-refractivity contribution in [3.8, 4) is 0 Å². The molecule has 1 atom stereocenters. The largest absolute Gasteiger partial charge is 0.416 e. The van der Waals surface area contributed by atoms with Crippen molar-refractivity contribution in [3.05, 3.63) is 53.1 Å². The summed E-state index contributed by atoms with van der Waals surface area (Å²) in [6.45, 7) is 5.11. The lowest BCUT2D eigenvalue weighted by Crippen LogP contribution is -2.47. The lowest BCUT2D eigenvalue weighted by atomic mass is 9.98. The molecule has 1 aromatic carbocycles. The Morgan fingerprint density at radius 3 is 2.33 bits per heavy atom. The highest BCUT2D eigenvalue weighted by molar-refractivity contribution is 6.45. The molecule has 2 aromatic rings. The van der Waals surface area contributed by atoms with E-state index >= 15 is 0 Å². The van der Waals surface area contributed by atoms with Crippen molar-refractivity contribution in [2.75, 3.05) is 43.4 Å². The van der Waals surface area contributed by atoms with E-state index in [0.29, 0.717) is 42.9 Å². The zero-order valence-corrected chi connectivity index (χ0v) is 22.8. The summed E-state index contributed by atoms with van der Waals surface area (Å²) < 4.78 is 39.4. The number of aromatic nitrogens is 1. The maximum atomic E-state index is 13.1. The second-order valence-corrected chi connectivity index (χ2v) is 10.5. The summed E-state index contributed by atoms with van der Waals surface area (Å²) in [6, 6.07) is 8.90. The summed E-state index contributed by atoms with van der Waals surface area (Å²) in [5.41, 5.74) is 0.311. The lowest BCUT2D eigenvalue weighted by Gasteiger charge is -2.36. The Kier molecular flexibility index (Phi) is 9.48. The van der Waals surface area contributed by atoms with Crippen molar-refractivity contribution in [2.45, 2.75) is 70.1 Å². The average Bonchev–Trinajstić information content (AvgIpc) is 2.92. The Labute approximate surface area is 228 Å². The third-order valence-electron chi connectivity index (χ3n) is 7.90. The van der Waals surface area contributed by atoms with Gasteiger partial charge in [-0.05, 0) is 62.4 Å². The number of rotatable bonds is 7. The van der Waals surface area contributed by atoms with Gasteiger partial charge in [-0.3, -0.25) is 15.1 Å². The van der Waals surface area contributed by atoms with Crippen molar-refractivity contribution in [2.24, 2.45) is 0 Å². The highest BCUT2D eigenvalue weighted by Crippen LogP contribution is 2.32. The van der Waals surface area contributed by atoms with Crippen LogP contribution in [-0.4, -0.2) is 60.8 Å². The molecule has 212 valence electrons. The number of likely N-dealkylation sites (tertiary alicyclic amines) is 1. The first-order chi connectivity index (χ1) is 18.7. The maximum absolute atomic E-state index is 13.1. The summed E-state index contributed by atoms with van der Waals surface area (Å²) in [4.78, 5) is 22.1. The van der Waals surface area contributed by atoms with Crippen LogP contribution < -0.4 is 15.5 Å². The van der Waals surface area contributed by atoms with Crippen LogP contribution in [0.25, 0.3) is 0 Å². The van der Waals surface area contributed by atoms with E-state index in [1.807, 2.05) is 13.0 Å². The van der Waals surface area contributed by atoms with Gasteiger partial charge >= 0.3 is 6.18 Å². The molecule has 1 aromatic heterocycles. The molecule has 2 saturated heterocycles. The number of carbonyl (C=O) groups is 1. The molecular formula is C29H39F3N6O. The Balaban J connectivity index is 1.33. The fourth-order valence-corrected chi connectivity index (χ4v) is 5.49. The van der Waals surface area contributed by atoms with Crippen LogP contribution in [0.1, 0.15) is 74.6 Å². The number of nitrogens with one attached hydrogen (secondary N) is 3. The minimum atomic E-state index is -4.37. The van der Waals surface area contributed by atoms with Crippen molar-refractivity contribution in [1.29, 1.82) is 5.41 Å². The van der Waals surface area contributed by atoms with Gasteiger partial charge in [-0.25, -0.2) is 4.98 Å². The molecule has 1 unspecified atom stereocenters. The first-order valence-electron chi connectivity index (χ1n) is 13.9. The van der Waals surface area contributed by atoms with E-state index in [-0.39, 0.29) is 17.8 Å². The van der Waals surface area contributed by atoms with Gasteiger partial charge in [0.25, 0.3) is 5.91 Å². The van der Waals surface area contributed by atoms with Crippen LogP contribution in [0.4, 0.5) is 24.8 Å². The van der Waals surface area contributed by atoms with E-state index in [1.165, 1.54) is 31.4 Å². The molecule has 0 aliphatic carbocycles. The maximum Gasteiger partial charge on any atom is 0.416 e. The number of hydrogen-bond donors (Lipinski definition) is 3. The van der Waals surface area contributed by atoms with E-state index < -0.39 is 17.6 Å². The first-order valence-corrected chi connectivity index (χ1v) is 13.9. The summed E-state index contributed by atoms with van der Waals surface area (Å²) >= 11 is 0. The third kappa shape index (κ3) is 7.29. The Hall–Kier alpha value is -3.14. The second-order valence-electron chi connectivity index (χ2n) is 10.5. The molecule has 2 aliphatic rings. The molecule has 3 heterocycles. The molecule has 10 heteroatoms. The third-order valence-corrected chi connectivity index (χ3v) is 7.90. The molecule has 3 N–H and O–H groups in total. The number of benzene rings is 1. The summed E-state index contributed by atoms with van der Waals surface area (Å²) in [5.74, 6) is 0.927. The van der Waals surface area contributed by atoms with Crippen molar-refractivity contribution in [1.82, 2.24) is 15.2 Å². The molecular weight excluding hydrogens is 505 g/mol. The normalized spacial score (nSPS) is 18.6. The van der Waals surface area contributed by atoms with E-state index in [4.69, 9.17) is 10.4 Å². The van der Waals surface area contributed by atoms with Crippen LogP contribution in [0.15, 0.2) is 36.4 Å². The Morgan fingerprint density at radius 2 is 1.69 bits per heavy atom. The predicted molar refractivity (Wildman–Crippen MR) is 149 cm³/mol. The SMILES string of the molecule is CNc1nc(N2CCCCCCC2)ccc1C(=N)C(=O)NC1CCN(C(C)c2cccc(C(F)(F)F)c2)CC1. The number of pyridine rings is 1. The monoisotopic (exact) mass is 544 g/mol. The quantitative estimate of drug-likeness (QED) is 0.394. The van der Waals surface area contributed by atoms with Gasteiger partial charge in [0.05, 0.1) is 5.56 Å².